The Labute approximate surface area is 190 Å². The van der Waals surface area contributed by atoms with Gasteiger partial charge >= 0.3 is 0 Å². The molecule has 0 radical (unpaired) electrons. The zero-order chi connectivity index (χ0) is 23.5. The summed E-state index contributed by atoms with van der Waals surface area (Å²) in [5, 5.41) is 10.7. The predicted octanol–water partition coefficient (Wildman–Crippen LogP) is 5.13. The van der Waals surface area contributed by atoms with Crippen LogP contribution in [-0.2, 0) is 13.2 Å². The lowest BCUT2D eigenvalue weighted by Crippen LogP contribution is -2.15. The summed E-state index contributed by atoms with van der Waals surface area (Å²) >= 11 is 6.04. The quantitative estimate of drug-likeness (QED) is 0.400. The molecule has 2 aromatic carbocycles. The van der Waals surface area contributed by atoms with E-state index in [0.717, 1.165) is 12.1 Å². The minimum absolute atomic E-state index is 0.0623. The molecule has 4 rings (SSSR count). The molecule has 7 nitrogen and oxygen atoms in total. The highest BCUT2D eigenvalue weighted by atomic mass is 35.5. The van der Waals surface area contributed by atoms with Gasteiger partial charge < -0.3 is 14.6 Å². The Kier molecular flexibility index (Phi) is 6.36. The molecule has 0 atom stereocenters. The van der Waals surface area contributed by atoms with Gasteiger partial charge in [0.25, 0.3) is 5.91 Å². The van der Waals surface area contributed by atoms with Gasteiger partial charge in [0.05, 0.1) is 24.0 Å². The molecule has 33 heavy (non-hydrogen) atoms. The first-order chi connectivity index (χ1) is 15.8. The molecule has 0 aliphatic heterocycles. The monoisotopic (exact) mass is 476 g/mol. The summed E-state index contributed by atoms with van der Waals surface area (Å²) in [6.07, 6.45) is 2.88. The van der Waals surface area contributed by atoms with Gasteiger partial charge in [-0.05, 0) is 31.2 Å². The highest BCUT2D eigenvalue weighted by Crippen LogP contribution is 2.23. The Morgan fingerprint density at radius 3 is 2.76 bits per heavy atom. The van der Waals surface area contributed by atoms with E-state index in [2.05, 4.69) is 15.6 Å². The summed E-state index contributed by atoms with van der Waals surface area (Å²) in [7, 11) is 0. The summed E-state index contributed by atoms with van der Waals surface area (Å²) in [6.45, 7) is 1.40. The third-order valence-electron chi connectivity index (χ3n) is 4.74. The number of aryl methyl sites for hydroxylation is 1. The molecule has 0 aliphatic carbocycles. The first kappa shape index (κ1) is 22.4. The summed E-state index contributed by atoms with van der Waals surface area (Å²) in [5.74, 6) is -2.59. The topological polar surface area (TPSA) is 82.2 Å². The lowest BCUT2D eigenvalue weighted by Gasteiger charge is -2.08. The molecule has 4 aromatic rings. The third kappa shape index (κ3) is 5.01. The molecule has 0 aliphatic rings. The Bertz CT molecular complexity index is 1300. The number of amides is 1. The van der Waals surface area contributed by atoms with Gasteiger partial charge in [-0.3, -0.25) is 9.48 Å². The fraction of sp³-hybridized carbons (Fsp3) is 0.136. The van der Waals surface area contributed by atoms with E-state index in [1.54, 1.807) is 13.0 Å². The Morgan fingerprint density at radius 1 is 1.18 bits per heavy atom. The standard InChI is InChI=1S/C22H16ClF3N4O3/c1-12-16(11-32-20-6-5-13(24)7-19(20)26)21(29-33-12)22(31)28-14-8-27-30(9-14)10-15-17(23)3-2-4-18(15)25/h2-9H,10-11H2,1H3,(H,28,31). The van der Waals surface area contributed by atoms with Gasteiger partial charge in [-0.25, -0.2) is 13.2 Å². The normalized spacial score (nSPS) is 10.9. The van der Waals surface area contributed by atoms with Crippen molar-refractivity contribution in [3.8, 4) is 5.75 Å². The lowest BCUT2D eigenvalue weighted by atomic mass is 10.2. The average molecular weight is 477 g/mol. The van der Waals surface area contributed by atoms with E-state index < -0.39 is 23.4 Å². The summed E-state index contributed by atoms with van der Waals surface area (Å²) < 4.78 is 52.7. The van der Waals surface area contributed by atoms with E-state index in [0.29, 0.717) is 23.1 Å². The largest absolute Gasteiger partial charge is 0.486 e. The van der Waals surface area contributed by atoms with Crippen LogP contribution < -0.4 is 10.1 Å². The maximum absolute atomic E-state index is 14.0. The van der Waals surface area contributed by atoms with Crippen LogP contribution in [0, 0.1) is 24.4 Å². The van der Waals surface area contributed by atoms with Gasteiger partial charge in [0, 0.05) is 22.8 Å². The second-order valence-electron chi connectivity index (χ2n) is 7.01. The van der Waals surface area contributed by atoms with Gasteiger partial charge in [0.2, 0.25) is 0 Å². The highest BCUT2D eigenvalue weighted by Gasteiger charge is 2.22. The maximum Gasteiger partial charge on any atom is 0.278 e. The average Bonchev–Trinajstić information content (AvgIpc) is 3.36. The highest BCUT2D eigenvalue weighted by molar-refractivity contribution is 6.31. The zero-order valence-corrected chi connectivity index (χ0v) is 17.9. The molecule has 0 unspecified atom stereocenters. The van der Waals surface area contributed by atoms with Crippen LogP contribution in [0.15, 0.2) is 53.3 Å². The van der Waals surface area contributed by atoms with Crippen LogP contribution in [0.5, 0.6) is 5.75 Å². The number of carbonyl (C=O) groups is 1. The van der Waals surface area contributed by atoms with E-state index in [4.69, 9.17) is 20.9 Å². The molecule has 0 bridgehead atoms. The van der Waals surface area contributed by atoms with Crippen LogP contribution in [0.3, 0.4) is 0 Å². The van der Waals surface area contributed by atoms with E-state index in [1.807, 2.05) is 0 Å². The summed E-state index contributed by atoms with van der Waals surface area (Å²) in [5.41, 5.74) is 0.811. The Hall–Kier alpha value is -3.79. The van der Waals surface area contributed by atoms with Crippen molar-refractivity contribution in [2.75, 3.05) is 5.32 Å². The number of anilines is 1. The number of benzene rings is 2. The number of carbonyl (C=O) groups excluding carboxylic acids is 1. The number of aromatic nitrogens is 3. The number of nitrogens with zero attached hydrogens (tertiary/aromatic N) is 3. The number of halogens is 4. The third-order valence-corrected chi connectivity index (χ3v) is 5.09. The SMILES string of the molecule is Cc1onc(C(=O)Nc2cnn(Cc3c(F)cccc3Cl)c2)c1COc1ccc(F)cc1F. The van der Waals surface area contributed by atoms with Gasteiger partial charge in [0.15, 0.2) is 17.3 Å². The molecule has 11 heteroatoms. The molecular weight excluding hydrogens is 461 g/mol. The smallest absolute Gasteiger partial charge is 0.278 e. The van der Waals surface area contributed by atoms with Crippen molar-refractivity contribution in [3.63, 3.8) is 0 Å². The van der Waals surface area contributed by atoms with Crippen LogP contribution in [0.25, 0.3) is 0 Å². The number of rotatable bonds is 7. The molecule has 0 saturated carbocycles. The number of hydrogen-bond donors (Lipinski definition) is 1. The number of ether oxygens (including phenoxy) is 1. The Morgan fingerprint density at radius 2 is 2.00 bits per heavy atom. The summed E-state index contributed by atoms with van der Waals surface area (Å²) in [4.78, 5) is 12.7. The molecule has 1 N–H and O–H groups in total. The van der Waals surface area contributed by atoms with Crippen LogP contribution in [0.1, 0.15) is 27.4 Å². The van der Waals surface area contributed by atoms with Crippen LogP contribution in [-0.4, -0.2) is 20.8 Å². The minimum atomic E-state index is -0.877. The molecule has 0 fully saturated rings. The van der Waals surface area contributed by atoms with Gasteiger partial charge in [-0.2, -0.15) is 5.10 Å². The first-order valence-corrected chi connectivity index (χ1v) is 9.99. The van der Waals surface area contributed by atoms with Crippen LogP contribution in [0.2, 0.25) is 5.02 Å². The zero-order valence-electron chi connectivity index (χ0n) is 17.1. The molecule has 2 heterocycles. The van der Waals surface area contributed by atoms with Crippen molar-refractivity contribution in [3.05, 3.63) is 93.8 Å². The van der Waals surface area contributed by atoms with E-state index >= 15 is 0 Å². The second-order valence-corrected chi connectivity index (χ2v) is 7.42. The first-order valence-electron chi connectivity index (χ1n) is 9.61. The van der Waals surface area contributed by atoms with E-state index in [9.17, 15) is 18.0 Å². The minimum Gasteiger partial charge on any atom is -0.486 e. The number of nitrogens with one attached hydrogen (secondary N) is 1. The second kappa shape index (κ2) is 9.37. The molecule has 1 amide bonds. The van der Waals surface area contributed by atoms with Crippen molar-refractivity contribution in [1.82, 2.24) is 14.9 Å². The molecule has 170 valence electrons. The van der Waals surface area contributed by atoms with Gasteiger partial charge in [0.1, 0.15) is 24.0 Å². The van der Waals surface area contributed by atoms with Crippen molar-refractivity contribution < 1.29 is 27.2 Å². The van der Waals surface area contributed by atoms with Crippen molar-refractivity contribution >= 4 is 23.2 Å². The maximum atomic E-state index is 14.0. The van der Waals surface area contributed by atoms with Crippen molar-refractivity contribution in [1.29, 1.82) is 0 Å². The molecule has 0 saturated heterocycles. The van der Waals surface area contributed by atoms with Crippen LogP contribution >= 0.6 is 11.6 Å². The van der Waals surface area contributed by atoms with Crippen molar-refractivity contribution in [2.24, 2.45) is 0 Å². The fourth-order valence-electron chi connectivity index (χ4n) is 3.03. The summed E-state index contributed by atoms with van der Waals surface area (Å²) in [6, 6.07) is 7.25. The lowest BCUT2D eigenvalue weighted by molar-refractivity contribution is 0.101. The molecular formula is C22H16ClF3N4O3. The molecule has 0 spiro atoms. The van der Waals surface area contributed by atoms with Gasteiger partial charge in [-0.1, -0.05) is 22.8 Å². The van der Waals surface area contributed by atoms with E-state index in [-0.39, 0.29) is 35.2 Å². The molecule has 2 aromatic heterocycles. The van der Waals surface area contributed by atoms with Crippen molar-refractivity contribution in [2.45, 2.75) is 20.1 Å². The van der Waals surface area contributed by atoms with Gasteiger partial charge in [-0.15, -0.1) is 0 Å². The fourth-order valence-corrected chi connectivity index (χ4v) is 3.25. The number of hydrogen-bond acceptors (Lipinski definition) is 5. The van der Waals surface area contributed by atoms with Crippen LogP contribution in [0.4, 0.5) is 18.9 Å². The Balaban J connectivity index is 1.45. The predicted molar refractivity (Wildman–Crippen MR) is 113 cm³/mol. The van der Waals surface area contributed by atoms with E-state index in [1.165, 1.54) is 29.2 Å².